The van der Waals surface area contributed by atoms with Crippen LogP contribution in [0.15, 0.2) is 18.2 Å². The molecular formula is C13H17NO. The number of hydrogen-bond donors (Lipinski definition) is 1. The van der Waals surface area contributed by atoms with Crippen LogP contribution < -0.4 is 0 Å². The molecule has 0 saturated heterocycles. The number of rotatable bonds is 2. The first-order valence-electron chi connectivity index (χ1n) is 5.09. The van der Waals surface area contributed by atoms with Crippen molar-refractivity contribution in [3.05, 3.63) is 34.9 Å². The molecule has 0 heterocycles. The zero-order valence-corrected chi connectivity index (χ0v) is 9.70. The van der Waals surface area contributed by atoms with Crippen molar-refractivity contribution in [3.63, 3.8) is 0 Å². The van der Waals surface area contributed by atoms with Crippen molar-refractivity contribution in [1.82, 2.24) is 0 Å². The highest BCUT2D eigenvalue weighted by Crippen LogP contribution is 2.31. The van der Waals surface area contributed by atoms with Crippen molar-refractivity contribution in [2.45, 2.75) is 33.3 Å². The summed E-state index contributed by atoms with van der Waals surface area (Å²) >= 11 is 0. The predicted molar refractivity (Wildman–Crippen MR) is 60.3 cm³/mol. The molecular weight excluding hydrogens is 186 g/mol. The van der Waals surface area contributed by atoms with Gasteiger partial charge in [0.15, 0.2) is 0 Å². The van der Waals surface area contributed by atoms with E-state index in [0.717, 1.165) is 16.7 Å². The number of nitriles is 1. The van der Waals surface area contributed by atoms with Gasteiger partial charge in [0, 0.05) is 0 Å². The quantitative estimate of drug-likeness (QED) is 0.803. The maximum Gasteiger partial charge on any atom is 0.103 e. The van der Waals surface area contributed by atoms with Crippen LogP contribution in [0.1, 0.15) is 30.5 Å². The smallest absolute Gasteiger partial charge is 0.103 e. The lowest BCUT2D eigenvalue weighted by Crippen LogP contribution is -2.30. The molecule has 0 fully saturated rings. The summed E-state index contributed by atoms with van der Waals surface area (Å²) in [6, 6.07) is 8.03. The summed E-state index contributed by atoms with van der Waals surface area (Å²) in [7, 11) is 0. The lowest BCUT2D eigenvalue weighted by Gasteiger charge is -2.28. The van der Waals surface area contributed by atoms with Crippen molar-refractivity contribution in [1.29, 1.82) is 5.26 Å². The highest BCUT2D eigenvalue weighted by atomic mass is 16.3. The van der Waals surface area contributed by atoms with Gasteiger partial charge in [-0.25, -0.2) is 0 Å². The Morgan fingerprint density at radius 1 is 1.40 bits per heavy atom. The highest BCUT2D eigenvalue weighted by Gasteiger charge is 2.31. The first kappa shape index (κ1) is 11.7. The van der Waals surface area contributed by atoms with Crippen molar-refractivity contribution in [2.75, 3.05) is 0 Å². The van der Waals surface area contributed by atoms with Gasteiger partial charge in [0.25, 0.3) is 0 Å². The van der Waals surface area contributed by atoms with E-state index in [1.54, 1.807) is 13.8 Å². The summed E-state index contributed by atoms with van der Waals surface area (Å²) in [6.45, 7) is 7.37. The Kier molecular flexibility index (Phi) is 3.16. The molecule has 80 valence electrons. The third kappa shape index (κ3) is 2.19. The molecule has 0 aliphatic rings. The molecule has 2 unspecified atom stereocenters. The molecule has 0 saturated carbocycles. The Labute approximate surface area is 91.2 Å². The van der Waals surface area contributed by atoms with E-state index >= 15 is 0 Å². The second-order valence-corrected chi connectivity index (χ2v) is 4.32. The molecule has 1 N–H and O–H groups in total. The molecule has 2 heteroatoms. The first-order chi connectivity index (χ1) is 6.89. The van der Waals surface area contributed by atoms with Gasteiger partial charge in [0.05, 0.1) is 12.0 Å². The molecule has 1 aromatic rings. The zero-order chi connectivity index (χ0) is 11.6. The van der Waals surface area contributed by atoms with Crippen molar-refractivity contribution < 1.29 is 5.11 Å². The van der Waals surface area contributed by atoms with Gasteiger partial charge in [-0.1, -0.05) is 23.8 Å². The standard InChI is InChI=1S/C13H17NO/c1-9-5-6-10(2)12(7-9)13(4,15)11(3)8-14/h5-7,11,15H,1-4H3. The number of aliphatic hydroxyl groups is 1. The summed E-state index contributed by atoms with van der Waals surface area (Å²) in [4.78, 5) is 0. The third-order valence-electron chi connectivity index (χ3n) is 2.98. The van der Waals surface area contributed by atoms with Crippen LogP contribution in [0.2, 0.25) is 0 Å². The summed E-state index contributed by atoms with van der Waals surface area (Å²) in [5.74, 6) is -0.419. The predicted octanol–water partition coefficient (Wildman–Crippen LogP) is 2.67. The SMILES string of the molecule is Cc1ccc(C)c(C(C)(O)C(C)C#N)c1. The van der Waals surface area contributed by atoms with Gasteiger partial charge in [0.2, 0.25) is 0 Å². The van der Waals surface area contributed by atoms with E-state index in [9.17, 15) is 5.11 Å². The fourth-order valence-corrected chi connectivity index (χ4v) is 1.64. The first-order valence-corrected chi connectivity index (χ1v) is 5.09. The van der Waals surface area contributed by atoms with Gasteiger partial charge in [-0.2, -0.15) is 5.26 Å². The van der Waals surface area contributed by atoms with Crippen LogP contribution in [0, 0.1) is 31.1 Å². The highest BCUT2D eigenvalue weighted by molar-refractivity contribution is 5.35. The Morgan fingerprint density at radius 2 is 2.00 bits per heavy atom. The van der Waals surface area contributed by atoms with Gasteiger partial charge in [0.1, 0.15) is 5.60 Å². The van der Waals surface area contributed by atoms with E-state index in [2.05, 4.69) is 6.07 Å². The summed E-state index contributed by atoms with van der Waals surface area (Å²) in [6.07, 6.45) is 0. The van der Waals surface area contributed by atoms with E-state index in [1.165, 1.54) is 0 Å². The van der Waals surface area contributed by atoms with Gasteiger partial charge in [-0.3, -0.25) is 0 Å². The molecule has 0 aliphatic carbocycles. The van der Waals surface area contributed by atoms with Gasteiger partial charge < -0.3 is 5.11 Å². The molecule has 15 heavy (non-hydrogen) atoms. The minimum Gasteiger partial charge on any atom is -0.384 e. The fourth-order valence-electron chi connectivity index (χ4n) is 1.64. The third-order valence-corrected chi connectivity index (χ3v) is 2.98. The lowest BCUT2D eigenvalue weighted by atomic mass is 9.82. The summed E-state index contributed by atoms with van der Waals surface area (Å²) in [5, 5.41) is 19.2. The maximum atomic E-state index is 10.3. The maximum absolute atomic E-state index is 10.3. The van der Waals surface area contributed by atoms with Gasteiger partial charge in [-0.15, -0.1) is 0 Å². The van der Waals surface area contributed by atoms with Crippen molar-refractivity contribution in [3.8, 4) is 6.07 Å². The van der Waals surface area contributed by atoms with Gasteiger partial charge >= 0.3 is 0 Å². The molecule has 0 aromatic heterocycles. The number of benzene rings is 1. The van der Waals surface area contributed by atoms with Crippen LogP contribution in [-0.2, 0) is 5.60 Å². The average Bonchev–Trinajstić information content (AvgIpc) is 2.20. The van der Waals surface area contributed by atoms with Crippen LogP contribution in [0.25, 0.3) is 0 Å². The van der Waals surface area contributed by atoms with E-state index in [1.807, 2.05) is 32.0 Å². The Morgan fingerprint density at radius 3 is 2.53 bits per heavy atom. The molecule has 1 rings (SSSR count). The van der Waals surface area contributed by atoms with Crippen LogP contribution in [0.4, 0.5) is 0 Å². The molecule has 2 atom stereocenters. The van der Waals surface area contributed by atoms with E-state index < -0.39 is 11.5 Å². The molecule has 1 aromatic carbocycles. The summed E-state index contributed by atoms with van der Waals surface area (Å²) in [5.41, 5.74) is 1.88. The van der Waals surface area contributed by atoms with Gasteiger partial charge in [-0.05, 0) is 38.8 Å². The molecule has 0 spiro atoms. The topological polar surface area (TPSA) is 44.0 Å². The number of aryl methyl sites for hydroxylation is 2. The van der Waals surface area contributed by atoms with Crippen LogP contribution in [-0.4, -0.2) is 5.11 Å². The normalized spacial score (nSPS) is 16.5. The number of hydrogen-bond acceptors (Lipinski definition) is 2. The fraction of sp³-hybridized carbons (Fsp3) is 0.462. The van der Waals surface area contributed by atoms with Crippen LogP contribution in [0.3, 0.4) is 0 Å². The largest absolute Gasteiger partial charge is 0.384 e. The molecule has 2 nitrogen and oxygen atoms in total. The molecule has 0 bridgehead atoms. The van der Waals surface area contributed by atoms with Crippen LogP contribution >= 0.6 is 0 Å². The lowest BCUT2D eigenvalue weighted by molar-refractivity contribution is 0.0226. The molecule has 0 amide bonds. The van der Waals surface area contributed by atoms with E-state index in [-0.39, 0.29) is 0 Å². The molecule has 0 radical (unpaired) electrons. The monoisotopic (exact) mass is 203 g/mol. The van der Waals surface area contributed by atoms with E-state index in [0.29, 0.717) is 0 Å². The van der Waals surface area contributed by atoms with Crippen LogP contribution in [0.5, 0.6) is 0 Å². The summed E-state index contributed by atoms with van der Waals surface area (Å²) < 4.78 is 0. The Hall–Kier alpha value is -1.33. The zero-order valence-electron chi connectivity index (χ0n) is 9.70. The second-order valence-electron chi connectivity index (χ2n) is 4.32. The minimum absolute atomic E-state index is 0.419. The second kappa shape index (κ2) is 4.04. The molecule has 0 aliphatic heterocycles. The van der Waals surface area contributed by atoms with E-state index in [4.69, 9.17) is 5.26 Å². The Bertz CT molecular complexity index is 401. The van der Waals surface area contributed by atoms with Crippen molar-refractivity contribution >= 4 is 0 Å². The van der Waals surface area contributed by atoms with Crippen molar-refractivity contribution in [2.24, 2.45) is 5.92 Å². The Balaban J connectivity index is 3.27. The average molecular weight is 203 g/mol. The number of nitrogens with zero attached hydrogens (tertiary/aromatic N) is 1. The minimum atomic E-state index is -1.08.